The molecule has 0 bridgehead atoms. The first-order chi connectivity index (χ1) is 9.51. The first-order valence-electron chi connectivity index (χ1n) is 6.85. The molecule has 1 unspecified atom stereocenters. The number of aromatic nitrogens is 1. The Bertz CT molecular complexity index is 562. The van der Waals surface area contributed by atoms with E-state index in [0.29, 0.717) is 0 Å². The van der Waals surface area contributed by atoms with Gasteiger partial charge in [-0.25, -0.2) is 4.98 Å². The van der Waals surface area contributed by atoms with E-state index >= 15 is 0 Å². The summed E-state index contributed by atoms with van der Waals surface area (Å²) in [7, 11) is 1.69. The minimum Gasteiger partial charge on any atom is -0.497 e. The number of ether oxygens (including phenoxy) is 1. The van der Waals surface area contributed by atoms with Crippen LogP contribution in [0.1, 0.15) is 47.1 Å². The molecule has 1 aromatic carbocycles. The molecule has 1 aromatic heterocycles. The predicted octanol–water partition coefficient (Wildman–Crippen LogP) is 4.18. The van der Waals surface area contributed by atoms with Crippen molar-refractivity contribution in [3.8, 4) is 5.75 Å². The van der Waals surface area contributed by atoms with Gasteiger partial charge in [-0.1, -0.05) is 12.1 Å². The third-order valence-corrected chi connectivity index (χ3v) is 4.37. The van der Waals surface area contributed by atoms with Gasteiger partial charge in [-0.15, -0.1) is 11.3 Å². The minimum atomic E-state index is 0.247. The topological polar surface area (TPSA) is 34.1 Å². The maximum atomic E-state index is 5.19. The van der Waals surface area contributed by atoms with Gasteiger partial charge in [0.05, 0.1) is 17.8 Å². The molecule has 4 heteroatoms. The largest absolute Gasteiger partial charge is 0.497 e. The molecule has 0 radical (unpaired) electrons. The average molecular weight is 290 g/mol. The van der Waals surface area contributed by atoms with Gasteiger partial charge in [0.15, 0.2) is 0 Å². The van der Waals surface area contributed by atoms with Crippen LogP contribution in [-0.4, -0.2) is 12.1 Å². The second-order valence-electron chi connectivity index (χ2n) is 5.06. The number of nitrogens with one attached hydrogen (secondary N) is 1. The molecule has 20 heavy (non-hydrogen) atoms. The number of rotatable bonds is 5. The molecule has 2 rings (SSSR count). The summed E-state index contributed by atoms with van der Waals surface area (Å²) in [5, 5.41) is 4.74. The fraction of sp³-hybridized carbons (Fsp3) is 0.438. The number of methoxy groups -OCH3 is 1. The van der Waals surface area contributed by atoms with E-state index in [9.17, 15) is 0 Å². The lowest BCUT2D eigenvalue weighted by atomic mass is 10.1. The molecule has 0 amide bonds. The van der Waals surface area contributed by atoms with Crippen LogP contribution in [-0.2, 0) is 0 Å². The maximum absolute atomic E-state index is 5.19. The number of hydrogen-bond donors (Lipinski definition) is 1. The highest BCUT2D eigenvalue weighted by atomic mass is 32.1. The standard InChI is InChI=1S/C16H22N2OS/c1-10(14-6-8-15(19-5)9-7-14)17-11(2)16-12(3)20-13(4)18-16/h6-11,17H,1-5H3/t10-,11?/m1/s1. The lowest BCUT2D eigenvalue weighted by molar-refractivity contribution is 0.414. The molecule has 2 atom stereocenters. The Hall–Kier alpha value is -1.39. The summed E-state index contributed by atoms with van der Waals surface area (Å²) in [6.07, 6.45) is 0. The molecule has 0 saturated heterocycles. The number of benzene rings is 1. The Balaban J connectivity index is 2.06. The van der Waals surface area contributed by atoms with E-state index < -0.39 is 0 Å². The fourth-order valence-electron chi connectivity index (χ4n) is 2.39. The summed E-state index contributed by atoms with van der Waals surface area (Å²) in [6.45, 7) is 8.53. The highest BCUT2D eigenvalue weighted by Crippen LogP contribution is 2.25. The van der Waals surface area contributed by atoms with E-state index in [-0.39, 0.29) is 12.1 Å². The number of hydrogen-bond acceptors (Lipinski definition) is 4. The SMILES string of the molecule is COc1ccc([C@@H](C)NC(C)c2nc(C)sc2C)cc1. The van der Waals surface area contributed by atoms with E-state index in [2.05, 4.69) is 50.1 Å². The Labute approximate surface area is 125 Å². The lowest BCUT2D eigenvalue weighted by Crippen LogP contribution is -2.23. The first-order valence-corrected chi connectivity index (χ1v) is 7.67. The highest BCUT2D eigenvalue weighted by Gasteiger charge is 2.16. The normalized spacial score (nSPS) is 14.1. The summed E-state index contributed by atoms with van der Waals surface area (Å²) >= 11 is 1.76. The van der Waals surface area contributed by atoms with Crippen molar-refractivity contribution in [2.75, 3.05) is 7.11 Å². The van der Waals surface area contributed by atoms with Gasteiger partial charge < -0.3 is 10.1 Å². The van der Waals surface area contributed by atoms with Crippen LogP contribution in [0.25, 0.3) is 0 Å². The zero-order valence-electron chi connectivity index (χ0n) is 12.7. The van der Waals surface area contributed by atoms with Crippen LogP contribution < -0.4 is 10.1 Å². The molecule has 0 aliphatic rings. The van der Waals surface area contributed by atoms with E-state index in [1.54, 1.807) is 18.4 Å². The van der Waals surface area contributed by atoms with E-state index in [4.69, 9.17) is 4.74 Å². The number of thiazole rings is 1. The summed E-state index contributed by atoms with van der Waals surface area (Å²) < 4.78 is 5.19. The van der Waals surface area contributed by atoms with Crippen molar-refractivity contribution in [2.45, 2.75) is 39.8 Å². The fourth-order valence-corrected chi connectivity index (χ4v) is 3.30. The summed E-state index contributed by atoms with van der Waals surface area (Å²) in [5.74, 6) is 0.889. The van der Waals surface area contributed by atoms with Gasteiger partial charge in [-0.3, -0.25) is 0 Å². The van der Waals surface area contributed by atoms with Crippen molar-refractivity contribution in [1.82, 2.24) is 10.3 Å². The Morgan fingerprint density at radius 3 is 2.25 bits per heavy atom. The van der Waals surface area contributed by atoms with Crippen molar-refractivity contribution in [2.24, 2.45) is 0 Å². The van der Waals surface area contributed by atoms with Crippen LogP contribution >= 0.6 is 11.3 Å². The summed E-state index contributed by atoms with van der Waals surface area (Å²) in [6, 6.07) is 8.71. The Morgan fingerprint density at radius 1 is 1.10 bits per heavy atom. The molecular formula is C16H22N2OS. The van der Waals surface area contributed by atoms with Crippen LogP contribution in [0.4, 0.5) is 0 Å². The molecule has 0 fully saturated rings. The third-order valence-electron chi connectivity index (χ3n) is 3.47. The van der Waals surface area contributed by atoms with Gasteiger partial charge in [0.25, 0.3) is 0 Å². The zero-order valence-corrected chi connectivity index (χ0v) is 13.5. The van der Waals surface area contributed by atoms with Crippen LogP contribution in [0.2, 0.25) is 0 Å². The van der Waals surface area contributed by atoms with E-state index in [0.717, 1.165) is 16.5 Å². The molecule has 0 spiro atoms. The second-order valence-corrected chi connectivity index (χ2v) is 6.46. The van der Waals surface area contributed by atoms with Gasteiger partial charge in [0.2, 0.25) is 0 Å². The average Bonchev–Trinajstić information content (AvgIpc) is 2.78. The molecule has 3 nitrogen and oxygen atoms in total. The smallest absolute Gasteiger partial charge is 0.118 e. The second kappa shape index (κ2) is 6.37. The van der Waals surface area contributed by atoms with Crippen molar-refractivity contribution in [3.05, 3.63) is 45.4 Å². The molecule has 1 heterocycles. The highest BCUT2D eigenvalue weighted by molar-refractivity contribution is 7.11. The Morgan fingerprint density at radius 2 is 1.75 bits per heavy atom. The third kappa shape index (κ3) is 3.38. The molecule has 108 valence electrons. The van der Waals surface area contributed by atoms with Crippen LogP contribution in [0, 0.1) is 13.8 Å². The molecule has 0 aliphatic heterocycles. The van der Waals surface area contributed by atoms with Crippen molar-refractivity contribution >= 4 is 11.3 Å². The van der Waals surface area contributed by atoms with Crippen molar-refractivity contribution in [1.29, 1.82) is 0 Å². The monoisotopic (exact) mass is 290 g/mol. The van der Waals surface area contributed by atoms with Crippen LogP contribution in [0.5, 0.6) is 5.75 Å². The quantitative estimate of drug-likeness (QED) is 0.897. The van der Waals surface area contributed by atoms with Gasteiger partial charge in [-0.05, 0) is 45.4 Å². The van der Waals surface area contributed by atoms with Gasteiger partial charge >= 0.3 is 0 Å². The number of aryl methyl sites for hydroxylation is 2. The minimum absolute atomic E-state index is 0.247. The molecule has 0 aliphatic carbocycles. The number of nitrogens with zero attached hydrogens (tertiary/aromatic N) is 1. The first kappa shape index (κ1) is 15.0. The maximum Gasteiger partial charge on any atom is 0.118 e. The van der Waals surface area contributed by atoms with E-state index in [1.807, 2.05) is 12.1 Å². The van der Waals surface area contributed by atoms with Crippen LogP contribution in [0.15, 0.2) is 24.3 Å². The van der Waals surface area contributed by atoms with Crippen molar-refractivity contribution in [3.63, 3.8) is 0 Å². The predicted molar refractivity (Wildman–Crippen MR) is 84.5 cm³/mol. The molecule has 0 saturated carbocycles. The van der Waals surface area contributed by atoms with Gasteiger partial charge in [-0.2, -0.15) is 0 Å². The van der Waals surface area contributed by atoms with Crippen LogP contribution in [0.3, 0.4) is 0 Å². The Kier molecular flexibility index (Phi) is 4.78. The summed E-state index contributed by atoms with van der Waals surface area (Å²) in [5.41, 5.74) is 2.41. The van der Waals surface area contributed by atoms with Gasteiger partial charge in [0, 0.05) is 17.0 Å². The molecular weight excluding hydrogens is 268 g/mol. The summed E-state index contributed by atoms with van der Waals surface area (Å²) in [4.78, 5) is 5.92. The van der Waals surface area contributed by atoms with Gasteiger partial charge in [0.1, 0.15) is 5.75 Å². The lowest BCUT2D eigenvalue weighted by Gasteiger charge is -2.20. The van der Waals surface area contributed by atoms with Crippen molar-refractivity contribution < 1.29 is 4.74 Å². The molecule has 1 N–H and O–H groups in total. The molecule has 2 aromatic rings. The van der Waals surface area contributed by atoms with E-state index in [1.165, 1.54) is 10.4 Å². The zero-order chi connectivity index (χ0) is 14.7.